The van der Waals surface area contributed by atoms with Gasteiger partial charge in [0.15, 0.2) is 0 Å². The molecule has 0 bridgehead atoms. The molecule has 0 fully saturated rings. The Morgan fingerprint density at radius 2 is 1.60 bits per heavy atom. The van der Waals surface area contributed by atoms with E-state index in [0.717, 1.165) is 6.98 Å². The lowest BCUT2D eigenvalue weighted by molar-refractivity contribution is 5.49. The van der Waals surface area contributed by atoms with Gasteiger partial charge in [0, 0.05) is 6.98 Å². The van der Waals surface area contributed by atoms with E-state index in [9.17, 15) is 0 Å². The second-order valence-corrected chi connectivity index (χ2v) is 8.61. The van der Waals surface area contributed by atoms with Gasteiger partial charge in [-0.1, -0.05) is 16.9 Å². The predicted octanol–water partition coefficient (Wildman–Crippen LogP) is 2.54. The molecule has 0 N–H and O–H groups in total. The van der Waals surface area contributed by atoms with Crippen LogP contribution in [0.5, 0.6) is 0 Å². The Kier molecular flexibility index (Phi) is 8.37. The van der Waals surface area contributed by atoms with Gasteiger partial charge in [-0.15, -0.1) is 22.0 Å². The van der Waals surface area contributed by atoms with E-state index < -0.39 is 0 Å². The third-order valence-electron chi connectivity index (χ3n) is 0.0962. The first-order valence-electron chi connectivity index (χ1n) is 0.880. The van der Waals surface area contributed by atoms with E-state index in [2.05, 4.69) is 16.9 Å². The van der Waals surface area contributed by atoms with Crippen LogP contribution >= 0.6 is 45.9 Å². The third-order valence-corrected chi connectivity index (χ3v) is 7.79. The van der Waals surface area contributed by atoms with Crippen molar-refractivity contribution in [2.75, 3.05) is 0 Å². The summed E-state index contributed by atoms with van der Waals surface area (Å²) in [5, 5.41) is 0. The van der Waals surface area contributed by atoms with E-state index in [4.69, 9.17) is 0 Å². The fourth-order valence-electron chi connectivity index (χ4n) is 0.0278. The summed E-state index contributed by atoms with van der Waals surface area (Å²) in [5.41, 5.74) is 0. The highest BCUT2D eigenvalue weighted by atomic mass is 33.3. The summed E-state index contributed by atoms with van der Waals surface area (Å²) in [6, 6.07) is 0. The minimum absolute atomic E-state index is 0.957. The Balaban J connectivity index is 2.19. The normalized spacial score (nSPS) is 8.40. The van der Waals surface area contributed by atoms with E-state index in [1.165, 1.54) is 0 Å². The zero-order chi connectivity index (χ0) is 4.12. The zero-order valence-corrected chi connectivity index (χ0v) is 7.41. The van der Waals surface area contributed by atoms with Gasteiger partial charge in [0.05, 0.1) is 0 Å². The molecule has 5 heteroatoms. The zero-order valence-electron chi connectivity index (χ0n) is 2.47. The summed E-state index contributed by atoms with van der Waals surface area (Å²) < 4.78 is 0. The smallest absolute Gasteiger partial charge is 0.00626 e. The third kappa shape index (κ3) is 5.99. The molecular weight excluding hydrogens is 157 g/mol. The second kappa shape index (κ2) is 5.99. The Morgan fingerprint density at radius 3 is 1.60 bits per heavy atom. The van der Waals surface area contributed by atoms with E-state index in [1.54, 1.807) is 22.0 Å². The SMILES string of the molecule is PSPSP. The maximum atomic E-state index is 2.59. The van der Waals surface area contributed by atoms with Gasteiger partial charge in [-0.05, 0) is 0 Å². The first-order chi connectivity index (χ1) is 2.41. The largest absolute Gasteiger partial charge is 0.105 e. The molecule has 2 atom stereocenters. The topological polar surface area (TPSA) is 0 Å². The van der Waals surface area contributed by atoms with Crippen molar-refractivity contribution in [3.8, 4) is 0 Å². The first kappa shape index (κ1) is 6.99. The highest BCUT2D eigenvalue weighted by Crippen LogP contribution is 2.49. The Morgan fingerprint density at radius 1 is 1.20 bits per heavy atom. The molecule has 0 saturated heterocycles. The van der Waals surface area contributed by atoms with Gasteiger partial charge >= 0.3 is 0 Å². The van der Waals surface area contributed by atoms with Crippen molar-refractivity contribution in [1.82, 2.24) is 0 Å². The van der Waals surface area contributed by atoms with E-state index in [-0.39, 0.29) is 0 Å². The lowest BCUT2D eigenvalue weighted by Crippen LogP contribution is -0.980. The summed E-state index contributed by atoms with van der Waals surface area (Å²) in [4.78, 5) is 0. The van der Waals surface area contributed by atoms with Crippen LogP contribution in [0.25, 0.3) is 0 Å². The maximum absolute atomic E-state index is 2.59. The van der Waals surface area contributed by atoms with Crippen LogP contribution in [0.3, 0.4) is 0 Å². The van der Waals surface area contributed by atoms with Crippen molar-refractivity contribution in [2.24, 2.45) is 0 Å². The molecule has 0 nitrogen and oxygen atoms in total. The Labute approximate surface area is 46.2 Å². The molecule has 2 unspecified atom stereocenters. The molecule has 0 aromatic carbocycles. The minimum Gasteiger partial charge on any atom is -0.105 e. The molecule has 0 saturated carbocycles. The molecule has 32 valence electrons. The lowest BCUT2D eigenvalue weighted by atomic mass is 29.7. The van der Waals surface area contributed by atoms with Crippen LogP contribution in [0, 0.1) is 0 Å². The molecule has 0 spiro atoms. The van der Waals surface area contributed by atoms with Crippen molar-refractivity contribution in [1.29, 1.82) is 0 Å². The first-order valence-corrected chi connectivity index (χ1v) is 7.92. The van der Waals surface area contributed by atoms with Gasteiger partial charge in [0.1, 0.15) is 0 Å². The molecule has 0 aliphatic carbocycles. The Hall–Kier alpha value is 1.99. The number of rotatable bonds is 2. The van der Waals surface area contributed by atoms with E-state index in [1.807, 2.05) is 0 Å². The second-order valence-electron chi connectivity index (χ2n) is 0.319. The molecule has 0 aliphatic heterocycles. The van der Waals surface area contributed by atoms with Gasteiger partial charge in [0.25, 0.3) is 0 Å². The fraction of sp³-hybridized carbons (Fsp3) is 0. The quantitative estimate of drug-likeness (QED) is 0.572. The standard InChI is InChI=1S/H5P3S2/c1-4-3-5-2/h3H,1-2H2. The van der Waals surface area contributed by atoms with Gasteiger partial charge in [0.2, 0.25) is 0 Å². The molecule has 0 amide bonds. The summed E-state index contributed by atoms with van der Waals surface area (Å²) >= 11 is 3.58. The van der Waals surface area contributed by atoms with Crippen LogP contribution in [0.1, 0.15) is 0 Å². The summed E-state index contributed by atoms with van der Waals surface area (Å²) in [6.45, 7) is 0.957. The van der Waals surface area contributed by atoms with Crippen molar-refractivity contribution >= 4 is 45.9 Å². The van der Waals surface area contributed by atoms with Gasteiger partial charge in [-0.3, -0.25) is 0 Å². The van der Waals surface area contributed by atoms with Gasteiger partial charge in [-0.2, -0.15) is 0 Å². The molecule has 0 aliphatic rings. The lowest BCUT2D eigenvalue weighted by Gasteiger charge is -1.79. The van der Waals surface area contributed by atoms with Crippen molar-refractivity contribution in [2.45, 2.75) is 0 Å². The van der Waals surface area contributed by atoms with Gasteiger partial charge in [-0.25, -0.2) is 0 Å². The van der Waals surface area contributed by atoms with Crippen molar-refractivity contribution in [3.05, 3.63) is 0 Å². The van der Waals surface area contributed by atoms with Crippen molar-refractivity contribution in [3.63, 3.8) is 0 Å². The van der Waals surface area contributed by atoms with E-state index >= 15 is 0 Å². The van der Waals surface area contributed by atoms with Crippen LogP contribution in [0.2, 0.25) is 0 Å². The van der Waals surface area contributed by atoms with E-state index in [0.29, 0.717) is 0 Å². The number of hydrogen-bond acceptors (Lipinski definition) is 2. The molecular formula is H5P3S2. The van der Waals surface area contributed by atoms with Crippen LogP contribution < -0.4 is 0 Å². The fourth-order valence-corrected chi connectivity index (χ4v) is 6.75. The number of hydrogen-bond donors (Lipinski definition) is 0. The van der Waals surface area contributed by atoms with Crippen LogP contribution in [0.4, 0.5) is 0 Å². The maximum Gasteiger partial charge on any atom is 0.00626 e. The molecule has 0 radical (unpaired) electrons. The van der Waals surface area contributed by atoms with Gasteiger partial charge < -0.3 is 0 Å². The summed E-state index contributed by atoms with van der Waals surface area (Å²) in [7, 11) is 5.19. The highest BCUT2D eigenvalue weighted by molar-refractivity contribution is 9.02. The van der Waals surface area contributed by atoms with Crippen LogP contribution in [-0.2, 0) is 0 Å². The summed E-state index contributed by atoms with van der Waals surface area (Å²) in [5.74, 6) is 0. The predicted molar refractivity (Wildman–Crippen MR) is 42.9 cm³/mol. The van der Waals surface area contributed by atoms with Crippen LogP contribution in [0.15, 0.2) is 0 Å². The average molecular weight is 162 g/mol. The highest BCUT2D eigenvalue weighted by Gasteiger charge is 1.67. The van der Waals surface area contributed by atoms with Crippen molar-refractivity contribution < 1.29 is 0 Å². The monoisotopic (exact) mass is 162 g/mol. The molecule has 0 aromatic rings. The molecule has 0 rings (SSSR count). The summed E-state index contributed by atoms with van der Waals surface area (Å²) in [6.07, 6.45) is 0. The molecule has 0 aromatic heterocycles. The van der Waals surface area contributed by atoms with Crippen LogP contribution in [-0.4, -0.2) is 0 Å². The minimum atomic E-state index is 0.957. The average Bonchev–Trinajstić information content (AvgIpc) is 1.41. The Bertz CT molecular complexity index is 12.4. The molecule has 5 heavy (non-hydrogen) atoms. The molecule has 0 heterocycles.